The van der Waals surface area contributed by atoms with E-state index in [1.165, 1.54) is 0 Å². The first-order chi connectivity index (χ1) is 14.0. The van der Waals surface area contributed by atoms with Crippen LogP contribution in [0.15, 0.2) is 48.5 Å². The molecule has 3 amide bonds. The number of rotatable bonds is 7. The third kappa shape index (κ3) is 5.57. The van der Waals surface area contributed by atoms with Crippen LogP contribution in [0.25, 0.3) is 0 Å². The quantitative estimate of drug-likeness (QED) is 0.714. The molecule has 1 heterocycles. The zero-order valence-corrected chi connectivity index (χ0v) is 17.0. The van der Waals surface area contributed by atoms with Gasteiger partial charge in [-0.1, -0.05) is 24.9 Å². The first-order valence-corrected chi connectivity index (χ1v) is 10.1. The van der Waals surface area contributed by atoms with Crippen molar-refractivity contribution in [2.24, 2.45) is 5.92 Å². The summed E-state index contributed by atoms with van der Waals surface area (Å²) in [4.78, 5) is 38.6. The minimum absolute atomic E-state index is 0.0350. The number of anilines is 2. The first kappa shape index (κ1) is 20.9. The SMILES string of the molecule is CCCCN1CC(C(=O)Nc2ccc(C(=O)Nc3ccc(Cl)cc3)cc2)CC1=O. The highest BCUT2D eigenvalue weighted by Crippen LogP contribution is 2.21. The van der Waals surface area contributed by atoms with E-state index in [9.17, 15) is 14.4 Å². The molecule has 1 saturated heterocycles. The normalized spacial score (nSPS) is 16.0. The van der Waals surface area contributed by atoms with Crippen LogP contribution in [0.4, 0.5) is 11.4 Å². The van der Waals surface area contributed by atoms with Crippen molar-refractivity contribution in [1.29, 1.82) is 0 Å². The van der Waals surface area contributed by atoms with Crippen molar-refractivity contribution in [3.8, 4) is 0 Å². The average molecular weight is 414 g/mol. The number of unbranched alkanes of at least 4 members (excludes halogenated alkanes) is 1. The lowest BCUT2D eigenvalue weighted by molar-refractivity contribution is -0.128. The first-order valence-electron chi connectivity index (χ1n) is 9.72. The molecule has 29 heavy (non-hydrogen) atoms. The average Bonchev–Trinajstić information content (AvgIpc) is 3.09. The maximum atomic E-state index is 12.5. The maximum absolute atomic E-state index is 12.5. The molecule has 1 aliphatic rings. The van der Waals surface area contributed by atoms with Gasteiger partial charge in [0.05, 0.1) is 5.92 Å². The second kappa shape index (κ2) is 9.56. The highest BCUT2D eigenvalue weighted by molar-refractivity contribution is 6.30. The standard InChI is InChI=1S/C22H24ClN3O3/c1-2-3-12-26-14-16(13-20(26)27)22(29)25-18-8-4-15(5-9-18)21(28)24-19-10-6-17(23)7-11-19/h4-11,16H,2-3,12-14H2,1H3,(H,24,28)(H,25,29). The molecule has 2 aromatic carbocycles. The largest absolute Gasteiger partial charge is 0.342 e. The zero-order chi connectivity index (χ0) is 20.8. The van der Waals surface area contributed by atoms with Crippen molar-refractivity contribution in [3.05, 3.63) is 59.1 Å². The Hall–Kier alpha value is -2.86. The minimum atomic E-state index is -0.341. The van der Waals surface area contributed by atoms with Gasteiger partial charge in [0, 0.05) is 41.5 Å². The molecule has 3 rings (SSSR count). The van der Waals surface area contributed by atoms with Gasteiger partial charge in [0.1, 0.15) is 0 Å². The summed E-state index contributed by atoms with van der Waals surface area (Å²) >= 11 is 5.84. The fourth-order valence-electron chi connectivity index (χ4n) is 3.20. The Balaban J connectivity index is 1.55. The molecule has 1 unspecified atom stereocenters. The van der Waals surface area contributed by atoms with E-state index in [0.717, 1.165) is 12.8 Å². The number of nitrogens with zero attached hydrogens (tertiary/aromatic N) is 1. The lowest BCUT2D eigenvalue weighted by Crippen LogP contribution is -2.29. The van der Waals surface area contributed by atoms with E-state index in [4.69, 9.17) is 11.6 Å². The lowest BCUT2D eigenvalue weighted by atomic mass is 10.1. The highest BCUT2D eigenvalue weighted by atomic mass is 35.5. The van der Waals surface area contributed by atoms with Gasteiger partial charge < -0.3 is 15.5 Å². The van der Waals surface area contributed by atoms with Crippen LogP contribution in [-0.4, -0.2) is 35.7 Å². The summed E-state index contributed by atoms with van der Waals surface area (Å²) < 4.78 is 0. The molecule has 7 heteroatoms. The van der Waals surface area contributed by atoms with Gasteiger partial charge >= 0.3 is 0 Å². The maximum Gasteiger partial charge on any atom is 0.255 e. The second-order valence-electron chi connectivity index (χ2n) is 7.12. The Bertz CT molecular complexity index is 881. The van der Waals surface area contributed by atoms with Crippen LogP contribution in [0.1, 0.15) is 36.5 Å². The van der Waals surface area contributed by atoms with Gasteiger partial charge in [-0.2, -0.15) is 0 Å². The van der Waals surface area contributed by atoms with Gasteiger partial charge in [-0.3, -0.25) is 14.4 Å². The number of nitrogens with one attached hydrogen (secondary N) is 2. The molecule has 2 N–H and O–H groups in total. The fraction of sp³-hybridized carbons (Fsp3) is 0.318. The third-order valence-corrected chi connectivity index (χ3v) is 5.14. The van der Waals surface area contributed by atoms with Crippen molar-refractivity contribution in [1.82, 2.24) is 4.90 Å². The topological polar surface area (TPSA) is 78.5 Å². The summed E-state index contributed by atoms with van der Waals surface area (Å²) in [5, 5.41) is 6.23. The number of carbonyl (C=O) groups excluding carboxylic acids is 3. The highest BCUT2D eigenvalue weighted by Gasteiger charge is 2.33. The van der Waals surface area contributed by atoms with Crippen LogP contribution in [0.2, 0.25) is 5.02 Å². The number of carbonyl (C=O) groups is 3. The molecule has 6 nitrogen and oxygen atoms in total. The van der Waals surface area contributed by atoms with Gasteiger partial charge in [-0.25, -0.2) is 0 Å². The molecule has 152 valence electrons. The Morgan fingerprint density at radius 1 is 1.03 bits per heavy atom. The number of amides is 3. The number of hydrogen-bond acceptors (Lipinski definition) is 3. The molecular weight excluding hydrogens is 390 g/mol. The van der Waals surface area contributed by atoms with Crippen molar-refractivity contribution in [3.63, 3.8) is 0 Å². The molecule has 2 aromatic rings. The summed E-state index contributed by atoms with van der Waals surface area (Å²) in [5.74, 6) is -0.728. The van der Waals surface area contributed by atoms with E-state index in [2.05, 4.69) is 17.6 Å². The van der Waals surface area contributed by atoms with E-state index in [1.54, 1.807) is 53.4 Å². The molecule has 0 radical (unpaired) electrons. The van der Waals surface area contributed by atoms with Gasteiger partial charge in [-0.15, -0.1) is 0 Å². The molecule has 0 saturated carbocycles. The van der Waals surface area contributed by atoms with Gasteiger partial charge in [-0.05, 0) is 55.0 Å². The molecule has 0 aromatic heterocycles. The van der Waals surface area contributed by atoms with Crippen molar-refractivity contribution < 1.29 is 14.4 Å². The lowest BCUT2D eigenvalue weighted by Gasteiger charge is -2.16. The van der Waals surface area contributed by atoms with Crippen LogP contribution in [0.5, 0.6) is 0 Å². The predicted molar refractivity (Wildman–Crippen MR) is 114 cm³/mol. The van der Waals surface area contributed by atoms with Gasteiger partial charge in [0.25, 0.3) is 5.91 Å². The molecule has 0 bridgehead atoms. The third-order valence-electron chi connectivity index (χ3n) is 4.88. The van der Waals surface area contributed by atoms with E-state index < -0.39 is 0 Å². The van der Waals surface area contributed by atoms with Crippen molar-refractivity contribution >= 4 is 40.7 Å². The zero-order valence-electron chi connectivity index (χ0n) is 16.3. The van der Waals surface area contributed by atoms with E-state index in [1.807, 2.05) is 0 Å². The van der Waals surface area contributed by atoms with Crippen molar-refractivity contribution in [2.75, 3.05) is 23.7 Å². The summed E-state index contributed by atoms with van der Waals surface area (Å²) in [6.45, 7) is 3.24. The van der Waals surface area contributed by atoms with Crippen LogP contribution in [0, 0.1) is 5.92 Å². The summed E-state index contributed by atoms with van der Waals surface area (Å²) in [5.41, 5.74) is 1.72. The van der Waals surface area contributed by atoms with Crippen molar-refractivity contribution in [2.45, 2.75) is 26.2 Å². The van der Waals surface area contributed by atoms with Gasteiger partial charge in [0.15, 0.2) is 0 Å². The second-order valence-corrected chi connectivity index (χ2v) is 7.56. The van der Waals surface area contributed by atoms with Crippen LogP contribution in [0.3, 0.4) is 0 Å². The molecule has 1 atom stereocenters. The monoisotopic (exact) mass is 413 g/mol. The van der Waals surface area contributed by atoms with Crippen LogP contribution in [-0.2, 0) is 9.59 Å². The van der Waals surface area contributed by atoms with E-state index in [0.29, 0.717) is 35.1 Å². The molecule has 0 spiro atoms. The van der Waals surface area contributed by atoms with Crippen LogP contribution < -0.4 is 10.6 Å². The van der Waals surface area contributed by atoms with E-state index >= 15 is 0 Å². The molecule has 0 aliphatic carbocycles. The fourth-order valence-corrected chi connectivity index (χ4v) is 3.32. The number of hydrogen-bond donors (Lipinski definition) is 2. The summed E-state index contributed by atoms with van der Waals surface area (Å²) in [6.07, 6.45) is 2.20. The number of halogens is 1. The van der Waals surface area contributed by atoms with Crippen LogP contribution >= 0.6 is 11.6 Å². The van der Waals surface area contributed by atoms with Gasteiger partial charge in [0.2, 0.25) is 11.8 Å². The smallest absolute Gasteiger partial charge is 0.255 e. The summed E-state index contributed by atoms with van der Waals surface area (Å²) in [7, 11) is 0. The Kier molecular flexibility index (Phi) is 6.88. The molecular formula is C22H24ClN3O3. The number of likely N-dealkylation sites (tertiary alicyclic amines) is 1. The van der Waals surface area contributed by atoms with E-state index in [-0.39, 0.29) is 30.1 Å². The minimum Gasteiger partial charge on any atom is -0.342 e. The predicted octanol–water partition coefficient (Wildman–Crippen LogP) is 4.18. The molecule has 1 aliphatic heterocycles. The Morgan fingerprint density at radius 3 is 2.31 bits per heavy atom. The summed E-state index contributed by atoms with van der Waals surface area (Å²) in [6, 6.07) is 13.5. The number of benzene rings is 2. The Labute approximate surface area is 175 Å². The Morgan fingerprint density at radius 2 is 1.66 bits per heavy atom. The molecule has 1 fully saturated rings.